The van der Waals surface area contributed by atoms with Gasteiger partial charge < -0.3 is 15.4 Å². The molecule has 1 aliphatic rings. The van der Waals surface area contributed by atoms with E-state index in [4.69, 9.17) is 10.5 Å². The number of hydrogen-bond donors (Lipinski definition) is 1. The van der Waals surface area contributed by atoms with Gasteiger partial charge in [0.2, 0.25) is 0 Å². The fraction of sp³-hybridized carbons (Fsp3) is 0.588. The van der Waals surface area contributed by atoms with E-state index >= 15 is 0 Å². The maximum Gasteiger partial charge on any atom is 0.131 e. The van der Waals surface area contributed by atoms with Gasteiger partial charge in [0.1, 0.15) is 5.54 Å². The van der Waals surface area contributed by atoms with E-state index in [9.17, 15) is 5.26 Å². The van der Waals surface area contributed by atoms with E-state index < -0.39 is 5.54 Å². The summed E-state index contributed by atoms with van der Waals surface area (Å²) in [4.78, 5) is 2.18. The maximum atomic E-state index is 9.42. The lowest BCUT2D eigenvalue weighted by molar-refractivity contribution is 0.102. The first-order valence-electron chi connectivity index (χ1n) is 7.66. The molecule has 1 aliphatic carbocycles. The zero-order valence-electron chi connectivity index (χ0n) is 12.8. The first-order chi connectivity index (χ1) is 10.1. The molecule has 4 heteroatoms. The van der Waals surface area contributed by atoms with Crippen LogP contribution >= 0.6 is 0 Å². The zero-order chi connectivity index (χ0) is 15.1. The second kappa shape index (κ2) is 7.56. The largest absolute Gasteiger partial charge is 0.380 e. The summed E-state index contributed by atoms with van der Waals surface area (Å²) in [7, 11) is 2.04. The molecule has 0 radical (unpaired) electrons. The van der Waals surface area contributed by atoms with Crippen LogP contribution in [0.3, 0.4) is 0 Å². The fourth-order valence-corrected chi connectivity index (χ4v) is 2.23. The predicted molar refractivity (Wildman–Crippen MR) is 83.6 cm³/mol. The molecule has 0 saturated heterocycles. The van der Waals surface area contributed by atoms with E-state index in [1.54, 1.807) is 0 Å². The molecule has 0 bridgehead atoms. The molecule has 4 nitrogen and oxygen atoms in total. The summed E-state index contributed by atoms with van der Waals surface area (Å²) in [5, 5.41) is 9.42. The maximum absolute atomic E-state index is 9.42. The monoisotopic (exact) mass is 287 g/mol. The van der Waals surface area contributed by atoms with Crippen LogP contribution in [-0.4, -0.2) is 38.3 Å². The first kappa shape index (κ1) is 16.0. The van der Waals surface area contributed by atoms with Crippen molar-refractivity contribution in [2.45, 2.75) is 24.8 Å². The van der Waals surface area contributed by atoms with Gasteiger partial charge >= 0.3 is 0 Å². The lowest BCUT2D eigenvalue weighted by atomic mass is 9.89. The third-order valence-corrected chi connectivity index (χ3v) is 4.04. The molecule has 1 unspecified atom stereocenters. The summed E-state index contributed by atoms with van der Waals surface area (Å²) in [6.07, 6.45) is 3.27. The third kappa shape index (κ3) is 5.13. The van der Waals surface area contributed by atoms with Crippen LogP contribution in [0.4, 0.5) is 0 Å². The number of ether oxygens (including phenoxy) is 1. The molecule has 1 fully saturated rings. The molecule has 1 saturated carbocycles. The van der Waals surface area contributed by atoms with Gasteiger partial charge in [0.15, 0.2) is 0 Å². The van der Waals surface area contributed by atoms with Crippen molar-refractivity contribution < 1.29 is 4.74 Å². The highest BCUT2D eigenvalue weighted by Crippen LogP contribution is 2.28. The second-order valence-corrected chi connectivity index (χ2v) is 6.02. The van der Waals surface area contributed by atoms with Crippen molar-refractivity contribution in [2.75, 3.05) is 33.4 Å². The molecular formula is C17H25N3O. The SMILES string of the molecule is CN(CCOCC1CC1)CCC(N)(C#N)c1ccccc1. The van der Waals surface area contributed by atoms with Crippen LogP contribution in [0.5, 0.6) is 0 Å². The van der Waals surface area contributed by atoms with Crippen molar-refractivity contribution in [3.63, 3.8) is 0 Å². The molecular weight excluding hydrogens is 262 g/mol. The van der Waals surface area contributed by atoms with Crippen LogP contribution in [0.1, 0.15) is 24.8 Å². The molecule has 1 atom stereocenters. The molecule has 114 valence electrons. The van der Waals surface area contributed by atoms with E-state index in [1.165, 1.54) is 12.8 Å². The number of nitrogens with two attached hydrogens (primary N) is 1. The summed E-state index contributed by atoms with van der Waals surface area (Å²) < 4.78 is 5.63. The molecule has 1 aromatic rings. The van der Waals surface area contributed by atoms with Gasteiger partial charge in [-0.05, 0) is 37.8 Å². The minimum atomic E-state index is -0.912. The van der Waals surface area contributed by atoms with Crippen LogP contribution in [0, 0.1) is 17.2 Å². The summed E-state index contributed by atoms with van der Waals surface area (Å²) in [6.45, 7) is 3.31. The molecule has 0 amide bonds. The van der Waals surface area contributed by atoms with Gasteiger partial charge in [-0.1, -0.05) is 30.3 Å². The van der Waals surface area contributed by atoms with Crippen molar-refractivity contribution in [3.8, 4) is 6.07 Å². The third-order valence-electron chi connectivity index (χ3n) is 4.04. The molecule has 2 N–H and O–H groups in total. The van der Waals surface area contributed by atoms with Gasteiger partial charge in [0, 0.05) is 19.7 Å². The summed E-state index contributed by atoms with van der Waals surface area (Å²) in [5.41, 5.74) is 6.22. The van der Waals surface area contributed by atoms with Crippen molar-refractivity contribution >= 4 is 0 Å². The van der Waals surface area contributed by atoms with Crippen LogP contribution in [0.15, 0.2) is 30.3 Å². The molecule has 21 heavy (non-hydrogen) atoms. The molecule has 0 heterocycles. The molecule has 0 aliphatic heterocycles. The summed E-state index contributed by atoms with van der Waals surface area (Å²) in [5.74, 6) is 0.809. The molecule has 2 rings (SSSR count). The average Bonchev–Trinajstić information content (AvgIpc) is 3.34. The number of hydrogen-bond acceptors (Lipinski definition) is 4. The van der Waals surface area contributed by atoms with Crippen molar-refractivity contribution in [1.82, 2.24) is 4.90 Å². The van der Waals surface area contributed by atoms with Gasteiger partial charge in [0.25, 0.3) is 0 Å². The number of rotatable bonds is 9. The van der Waals surface area contributed by atoms with E-state index in [0.29, 0.717) is 6.42 Å². The normalized spacial score (nSPS) is 17.4. The van der Waals surface area contributed by atoms with Gasteiger partial charge in [-0.2, -0.15) is 5.26 Å². The smallest absolute Gasteiger partial charge is 0.131 e. The van der Waals surface area contributed by atoms with Crippen LogP contribution in [0.25, 0.3) is 0 Å². The highest BCUT2D eigenvalue weighted by atomic mass is 16.5. The van der Waals surface area contributed by atoms with Crippen LogP contribution < -0.4 is 5.73 Å². The minimum Gasteiger partial charge on any atom is -0.380 e. The summed E-state index contributed by atoms with van der Waals surface area (Å²) in [6, 6.07) is 11.9. The Labute approximate surface area is 127 Å². The Bertz CT molecular complexity index is 467. The Hall–Kier alpha value is -1.41. The zero-order valence-corrected chi connectivity index (χ0v) is 12.8. The first-order valence-corrected chi connectivity index (χ1v) is 7.66. The average molecular weight is 287 g/mol. The van der Waals surface area contributed by atoms with Gasteiger partial charge in [-0.25, -0.2) is 0 Å². The predicted octanol–water partition coefficient (Wildman–Crippen LogP) is 2.11. The van der Waals surface area contributed by atoms with Gasteiger partial charge in [-0.3, -0.25) is 0 Å². The van der Waals surface area contributed by atoms with Crippen molar-refractivity contribution in [2.24, 2.45) is 11.7 Å². The standard InChI is InChI=1S/C17H25N3O/c1-20(11-12-21-13-15-7-8-15)10-9-17(19,14-18)16-5-3-2-4-6-16/h2-6,15H,7-13,19H2,1H3. The quantitative estimate of drug-likeness (QED) is 0.707. The van der Waals surface area contributed by atoms with E-state index in [2.05, 4.69) is 11.0 Å². The van der Waals surface area contributed by atoms with Crippen molar-refractivity contribution in [3.05, 3.63) is 35.9 Å². The Balaban J connectivity index is 1.72. The van der Waals surface area contributed by atoms with E-state index in [1.807, 2.05) is 37.4 Å². The van der Waals surface area contributed by atoms with E-state index in [0.717, 1.165) is 37.8 Å². The Kier molecular flexibility index (Phi) is 5.75. The van der Waals surface area contributed by atoms with Crippen LogP contribution in [-0.2, 0) is 10.3 Å². The number of likely N-dealkylation sites (N-methyl/N-ethyl adjacent to an activating group) is 1. The lowest BCUT2D eigenvalue weighted by Gasteiger charge is -2.25. The topological polar surface area (TPSA) is 62.3 Å². The number of benzene rings is 1. The molecule has 1 aromatic carbocycles. The number of nitriles is 1. The Morgan fingerprint density at radius 1 is 1.33 bits per heavy atom. The van der Waals surface area contributed by atoms with Crippen molar-refractivity contribution in [1.29, 1.82) is 5.26 Å². The summed E-state index contributed by atoms with van der Waals surface area (Å²) >= 11 is 0. The molecule has 0 aromatic heterocycles. The fourth-order valence-electron chi connectivity index (χ4n) is 2.23. The lowest BCUT2D eigenvalue weighted by Crippen LogP contribution is -2.39. The second-order valence-electron chi connectivity index (χ2n) is 6.02. The highest BCUT2D eigenvalue weighted by Gasteiger charge is 2.27. The Morgan fingerprint density at radius 2 is 2.05 bits per heavy atom. The number of nitrogens with zero attached hydrogens (tertiary/aromatic N) is 2. The highest BCUT2D eigenvalue weighted by molar-refractivity contribution is 5.30. The minimum absolute atomic E-state index is 0.618. The van der Waals surface area contributed by atoms with E-state index in [-0.39, 0.29) is 0 Å². The molecule has 0 spiro atoms. The van der Waals surface area contributed by atoms with Gasteiger partial charge in [0.05, 0.1) is 12.7 Å². The van der Waals surface area contributed by atoms with Crippen LogP contribution in [0.2, 0.25) is 0 Å². The Morgan fingerprint density at radius 3 is 2.67 bits per heavy atom. The van der Waals surface area contributed by atoms with Gasteiger partial charge in [-0.15, -0.1) is 0 Å².